The number of carbonyl (C=O) groups excluding carboxylic acids is 4. The molecule has 0 radical (unpaired) electrons. The summed E-state index contributed by atoms with van der Waals surface area (Å²) in [6, 6.07) is 8.23. The lowest BCUT2D eigenvalue weighted by Crippen LogP contribution is -2.58. The molecule has 0 N–H and O–H groups in total. The van der Waals surface area contributed by atoms with Crippen molar-refractivity contribution in [1.82, 2.24) is 78.7 Å². The summed E-state index contributed by atoms with van der Waals surface area (Å²) in [5.41, 5.74) is 3.92. The van der Waals surface area contributed by atoms with Crippen LogP contribution in [0.4, 0.5) is 0 Å². The molecule has 8 aliphatic heterocycles. The topological polar surface area (TPSA) is 231 Å². The highest BCUT2D eigenvalue weighted by atomic mass is 32.1. The molecule has 105 heavy (non-hydrogen) atoms. The second kappa shape index (κ2) is 35.9. The third-order valence-electron chi connectivity index (χ3n) is 22.2. The maximum absolute atomic E-state index is 12.8. The molecule has 8 fully saturated rings. The molecule has 15 heterocycles. The predicted octanol–water partition coefficient (Wildman–Crippen LogP) is 9.95. The molecular weight excluding hydrogens is 1410 g/mol. The van der Waals surface area contributed by atoms with E-state index >= 15 is 0 Å². The number of aromatic nitrogens is 8. The Morgan fingerprint density at radius 2 is 0.848 bits per heavy atom. The minimum Gasteiger partial charge on any atom is -0.466 e. The largest absolute Gasteiger partial charge is 0.466 e. The van der Waals surface area contributed by atoms with Crippen molar-refractivity contribution in [2.75, 3.05) is 158 Å². The van der Waals surface area contributed by atoms with Gasteiger partial charge < -0.3 is 62.6 Å². The van der Waals surface area contributed by atoms with Crippen LogP contribution in [0.15, 0.2) is 62.6 Å². The van der Waals surface area contributed by atoms with E-state index in [-0.39, 0.29) is 46.0 Å². The average molecular weight is 1520 g/mol. The predicted molar refractivity (Wildman–Crippen MR) is 409 cm³/mol. The van der Waals surface area contributed by atoms with Gasteiger partial charge in [0.15, 0.2) is 0 Å². The van der Waals surface area contributed by atoms with Crippen LogP contribution in [-0.2, 0) is 32.0 Å². The number of likely N-dealkylation sites (tertiary alicyclic amines) is 4. The van der Waals surface area contributed by atoms with Crippen LogP contribution in [0.5, 0.6) is 0 Å². The SMILES string of the molecule is Cc1cc(C)n(CCCN2CCC3(CC2)CN(C(=O)c2csc(C)n2)CCO3)n1.Cc1ccc(C(C)CCN2CCC3(CC2)CN(C(=O)c2csc(C)n2)CCO3)o1.Cc1nc(C(=O)N2CCOC3(CCN(C)CC3)C2)cs1.Cc1nc(C(=O)N2CCOC3(CCN(CCCn4cccn4)CC3)C2)cs1. The van der Waals surface area contributed by atoms with Crippen LogP contribution in [0.3, 0.4) is 0 Å². The van der Waals surface area contributed by atoms with Gasteiger partial charge in [-0.05, 0) is 170 Å². The molecule has 0 aromatic carbocycles. The van der Waals surface area contributed by atoms with E-state index < -0.39 is 0 Å². The molecule has 29 heteroatoms. The van der Waals surface area contributed by atoms with Crippen LogP contribution in [0.1, 0.15) is 168 Å². The van der Waals surface area contributed by atoms with Gasteiger partial charge in [0.25, 0.3) is 23.6 Å². The number of furan rings is 1. The zero-order valence-electron chi connectivity index (χ0n) is 63.3. The molecule has 4 amide bonds. The third-order valence-corrected chi connectivity index (χ3v) is 25.3. The zero-order valence-corrected chi connectivity index (χ0v) is 66.5. The van der Waals surface area contributed by atoms with E-state index in [4.69, 9.17) is 23.4 Å². The molecule has 0 bridgehead atoms. The highest BCUT2D eigenvalue weighted by molar-refractivity contribution is 7.10. The van der Waals surface area contributed by atoms with E-state index in [1.807, 2.05) is 112 Å². The number of amides is 4. The van der Waals surface area contributed by atoms with Crippen molar-refractivity contribution >= 4 is 69.0 Å². The molecule has 15 rings (SSSR count). The van der Waals surface area contributed by atoms with Crippen LogP contribution >= 0.6 is 45.3 Å². The van der Waals surface area contributed by atoms with Gasteiger partial charge >= 0.3 is 0 Å². The van der Waals surface area contributed by atoms with Crippen molar-refractivity contribution in [2.24, 2.45) is 0 Å². The summed E-state index contributed by atoms with van der Waals surface area (Å²) in [6.07, 6.45) is 15.0. The van der Waals surface area contributed by atoms with Gasteiger partial charge in [-0.2, -0.15) is 10.2 Å². The minimum atomic E-state index is -0.195. The maximum atomic E-state index is 12.8. The Hall–Kier alpha value is -6.22. The van der Waals surface area contributed by atoms with Crippen LogP contribution in [0.2, 0.25) is 0 Å². The quantitative estimate of drug-likeness (QED) is 0.0875. The summed E-state index contributed by atoms with van der Waals surface area (Å²) < 4.78 is 34.5. The highest BCUT2D eigenvalue weighted by Gasteiger charge is 2.45. The molecule has 0 aliphatic carbocycles. The van der Waals surface area contributed by atoms with Gasteiger partial charge in [0, 0.05) is 137 Å². The van der Waals surface area contributed by atoms with Crippen LogP contribution in [0.25, 0.3) is 0 Å². The molecule has 25 nitrogen and oxygen atoms in total. The second-order valence-corrected chi connectivity index (χ2v) is 34.4. The van der Waals surface area contributed by atoms with Crippen molar-refractivity contribution in [3.05, 3.63) is 124 Å². The first-order chi connectivity index (χ1) is 50.6. The smallest absolute Gasteiger partial charge is 0.273 e. The molecule has 8 aliphatic rings. The number of hydrogen-bond acceptors (Lipinski definition) is 23. The number of piperidine rings is 4. The molecule has 8 saturated heterocycles. The fourth-order valence-corrected chi connectivity index (χ4v) is 18.2. The van der Waals surface area contributed by atoms with Crippen LogP contribution in [0, 0.1) is 48.5 Å². The van der Waals surface area contributed by atoms with Crippen LogP contribution < -0.4 is 0 Å². The van der Waals surface area contributed by atoms with Gasteiger partial charge in [0.2, 0.25) is 0 Å². The van der Waals surface area contributed by atoms with Gasteiger partial charge in [0.1, 0.15) is 34.3 Å². The van der Waals surface area contributed by atoms with E-state index in [0.717, 1.165) is 193 Å². The number of ether oxygens (including phenoxy) is 4. The number of nitrogens with zero attached hydrogens (tertiary/aromatic N) is 16. The summed E-state index contributed by atoms with van der Waals surface area (Å²) in [4.78, 5) is 85.9. The molecule has 7 aromatic rings. The maximum Gasteiger partial charge on any atom is 0.273 e. The van der Waals surface area contributed by atoms with Crippen molar-refractivity contribution in [2.45, 2.75) is 167 Å². The van der Waals surface area contributed by atoms with E-state index in [9.17, 15) is 19.2 Å². The van der Waals surface area contributed by atoms with Crippen molar-refractivity contribution in [1.29, 1.82) is 0 Å². The number of hydrogen-bond donors (Lipinski definition) is 0. The molecule has 572 valence electrons. The minimum absolute atomic E-state index is 0.0435. The lowest BCUT2D eigenvalue weighted by atomic mass is 9.89. The Morgan fingerprint density at radius 3 is 1.17 bits per heavy atom. The first-order valence-corrected chi connectivity index (χ1v) is 41.4. The molecule has 7 aromatic heterocycles. The number of rotatable bonds is 16. The van der Waals surface area contributed by atoms with Gasteiger partial charge in [-0.1, -0.05) is 6.92 Å². The number of morpholine rings is 4. The first kappa shape index (κ1) is 78.4. The first-order valence-electron chi connectivity index (χ1n) is 37.9. The highest BCUT2D eigenvalue weighted by Crippen LogP contribution is 2.36. The summed E-state index contributed by atoms with van der Waals surface area (Å²) in [7, 11) is 2.14. The summed E-state index contributed by atoms with van der Waals surface area (Å²) in [5, 5.41) is 20.0. The van der Waals surface area contributed by atoms with Crippen molar-refractivity contribution < 1.29 is 42.5 Å². The van der Waals surface area contributed by atoms with E-state index in [2.05, 4.69) is 87.4 Å². The fourth-order valence-electron chi connectivity index (χ4n) is 15.8. The average Bonchev–Trinajstić information content (AvgIpc) is 1.73. The number of thiazole rings is 4. The van der Waals surface area contributed by atoms with Gasteiger partial charge in [-0.3, -0.25) is 28.5 Å². The lowest BCUT2D eigenvalue weighted by Gasteiger charge is -2.47. The Labute approximate surface area is 635 Å². The Balaban J connectivity index is 0.000000133. The summed E-state index contributed by atoms with van der Waals surface area (Å²) >= 11 is 6.11. The van der Waals surface area contributed by atoms with E-state index in [1.54, 1.807) is 0 Å². The van der Waals surface area contributed by atoms with E-state index in [0.29, 0.717) is 107 Å². The monoisotopic (exact) mass is 1520 g/mol. The molecule has 1 atom stereocenters. The van der Waals surface area contributed by atoms with Crippen molar-refractivity contribution in [3.8, 4) is 0 Å². The summed E-state index contributed by atoms with van der Waals surface area (Å²) in [6.45, 7) is 37.4. The van der Waals surface area contributed by atoms with Gasteiger partial charge in [0.05, 0.1) is 101 Å². The number of carbonyl (C=O) groups is 4. The Kier molecular flexibility index (Phi) is 26.8. The number of aryl methyl sites for hydroxylation is 9. The molecule has 4 spiro atoms. The standard InChI is InChI=1S/C22H31N3O3S.C21H31N5O2S.C19H27N5O2S.C14H21N3O2S/c1-16(20-5-4-17(2)28-20)6-9-24-10-7-22(8-11-24)15-25(12-13-27-22)21(26)19-14-29-18(3)23-19;1-16-13-17(2)26(23-16)8-4-7-24-9-5-21(6-10-24)15-25(11-12-28-21)20(27)19-14-29-18(3)22-19;1-16-21-17(14-27-16)18(25)23-12-13-26-19(15-23)4-10-22(11-5-19)7-3-9-24-8-2-6-20-24;1-11-15-12(9-20-11)13(18)17-7-8-19-14(10-17)3-5-16(2)6-4-14/h4-5,14,16H,6-13,15H2,1-3H3;13-14H,4-12,15H2,1-3H3;2,6,8,14H,3-5,7,9-13,15H2,1H3;9H,3-8,10H2,1-2H3. The normalized spacial score (nSPS) is 20.8. The Bertz CT molecular complexity index is 3920. The second-order valence-electron chi connectivity index (χ2n) is 30.1. The molecule has 0 saturated carbocycles. The van der Waals surface area contributed by atoms with E-state index in [1.165, 1.54) is 51.0 Å². The third kappa shape index (κ3) is 21.0. The lowest BCUT2D eigenvalue weighted by molar-refractivity contribution is -0.127. The van der Waals surface area contributed by atoms with Crippen molar-refractivity contribution in [3.63, 3.8) is 0 Å². The molecular formula is C76H110N16O9S4. The van der Waals surface area contributed by atoms with Gasteiger partial charge in [-0.25, -0.2) is 19.9 Å². The Morgan fingerprint density at radius 1 is 0.476 bits per heavy atom. The summed E-state index contributed by atoms with van der Waals surface area (Å²) in [5.74, 6) is 2.68. The molecule has 1 unspecified atom stereocenters. The fraction of sp³-hybridized carbons (Fsp3) is 0.658. The van der Waals surface area contributed by atoms with Gasteiger partial charge in [-0.15, -0.1) is 45.3 Å². The zero-order chi connectivity index (χ0) is 73.7. The van der Waals surface area contributed by atoms with Crippen LogP contribution in [-0.4, -0.2) is 283 Å².